The average Bonchev–Trinajstić information content (AvgIpc) is 2.50. The van der Waals surface area contributed by atoms with Crippen molar-refractivity contribution in [2.75, 3.05) is 13.7 Å². The maximum Gasteiger partial charge on any atom is 0.343 e. The van der Waals surface area contributed by atoms with E-state index in [1.165, 1.54) is 7.11 Å². The molecule has 2 aromatic rings. The Morgan fingerprint density at radius 1 is 1.25 bits per heavy atom. The lowest BCUT2D eigenvalue weighted by atomic mass is 10.1. The fourth-order valence-corrected chi connectivity index (χ4v) is 1.73. The quantitative estimate of drug-likeness (QED) is 0.289. The number of rotatable bonds is 4. The topological polar surface area (TPSA) is 94.1 Å². The highest BCUT2D eigenvalue weighted by Gasteiger charge is 2.04. The first-order chi connectivity index (χ1) is 9.63. The second-order valence-electron chi connectivity index (χ2n) is 4.07. The summed E-state index contributed by atoms with van der Waals surface area (Å²) in [5, 5.41) is 13.4. The first-order valence-corrected chi connectivity index (χ1v) is 5.85. The van der Waals surface area contributed by atoms with E-state index in [1.807, 2.05) is 12.1 Å². The third-order valence-corrected chi connectivity index (χ3v) is 2.80. The summed E-state index contributed by atoms with van der Waals surface area (Å²) in [6.07, 6.45) is 0. The van der Waals surface area contributed by atoms with Crippen LogP contribution in [-0.2, 0) is 9.53 Å². The zero-order chi connectivity index (χ0) is 14.5. The third kappa shape index (κ3) is 2.97. The predicted molar refractivity (Wildman–Crippen MR) is 74.0 cm³/mol. The van der Waals surface area contributed by atoms with Crippen LogP contribution in [0.1, 0.15) is 5.56 Å². The molecule has 0 aliphatic carbocycles. The molecule has 0 saturated carbocycles. The van der Waals surface area contributed by atoms with Crippen molar-refractivity contribution in [1.82, 2.24) is 0 Å². The van der Waals surface area contributed by atoms with Crippen LogP contribution in [0.25, 0.3) is 10.8 Å². The molecule has 0 unspecified atom stereocenters. The molecule has 3 N–H and O–H groups in total. The standard InChI is InChI=1S/C14H14N2O4/c1-19-13(17)8-20-12-5-4-9-6-11(14(15)16-18)3-2-10(9)7-12/h2-7,18H,8H2,1H3,(H2,15,16). The van der Waals surface area contributed by atoms with Crippen LogP contribution in [-0.4, -0.2) is 30.7 Å². The summed E-state index contributed by atoms with van der Waals surface area (Å²) in [5.74, 6) is 0.185. The molecular formula is C14H14N2O4. The van der Waals surface area contributed by atoms with Crippen molar-refractivity contribution in [3.05, 3.63) is 42.0 Å². The van der Waals surface area contributed by atoms with Gasteiger partial charge < -0.3 is 20.4 Å². The average molecular weight is 274 g/mol. The lowest BCUT2D eigenvalue weighted by Gasteiger charge is -2.07. The highest BCUT2D eigenvalue weighted by molar-refractivity contribution is 6.00. The first kappa shape index (κ1) is 13.7. The number of methoxy groups -OCH3 is 1. The van der Waals surface area contributed by atoms with Crippen molar-refractivity contribution >= 4 is 22.6 Å². The van der Waals surface area contributed by atoms with Gasteiger partial charge in [0.15, 0.2) is 12.4 Å². The Bertz CT molecular complexity index is 667. The van der Waals surface area contributed by atoms with E-state index >= 15 is 0 Å². The number of oxime groups is 1. The van der Waals surface area contributed by atoms with Gasteiger partial charge in [0.05, 0.1) is 7.11 Å². The molecule has 0 aliphatic rings. The Morgan fingerprint density at radius 2 is 1.95 bits per heavy atom. The van der Waals surface area contributed by atoms with Gasteiger partial charge in [-0.2, -0.15) is 0 Å². The Kier molecular flexibility index (Phi) is 4.05. The molecule has 104 valence electrons. The van der Waals surface area contributed by atoms with Gasteiger partial charge in [-0.3, -0.25) is 0 Å². The van der Waals surface area contributed by atoms with Crippen LogP contribution in [0.2, 0.25) is 0 Å². The normalized spacial score (nSPS) is 11.3. The highest BCUT2D eigenvalue weighted by Crippen LogP contribution is 2.22. The lowest BCUT2D eigenvalue weighted by Crippen LogP contribution is -2.13. The summed E-state index contributed by atoms with van der Waals surface area (Å²) in [7, 11) is 1.31. The first-order valence-electron chi connectivity index (χ1n) is 5.85. The van der Waals surface area contributed by atoms with Crippen LogP contribution in [0.3, 0.4) is 0 Å². The van der Waals surface area contributed by atoms with Crippen molar-refractivity contribution in [2.45, 2.75) is 0 Å². The van der Waals surface area contributed by atoms with E-state index in [9.17, 15) is 4.79 Å². The second kappa shape index (κ2) is 5.92. The van der Waals surface area contributed by atoms with Crippen LogP contribution < -0.4 is 10.5 Å². The van der Waals surface area contributed by atoms with Gasteiger partial charge >= 0.3 is 5.97 Å². The molecule has 0 saturated heterocycles. The van der Waals surface area contributed by atoms with E-state index in [0.29, 0.717) is 11.3 Å². The Hall–Kier alpha value is -2.76. The molecule has 0 radical (unpaired) electrons. The van der Waals surface area contributed by atoms with Crippen LogP contribution in [0, 0.1) is 0 Å². The Morgan fingerprint density at radius 3 is 2.65 bits per heavy atom. The van der Waals surface area contributed by atoms with E-state index in [-0.39, 0.29) is 12.4 Å². The number of carbonyl (C=O) groups excluding carboxylic acids is 1. The van der Waals surface area contributed by atoms with Gasteiger partial charge in [0.25, 0.3) is 0 Å². The maximum absolute atomic E-state index is 11.0. The van der Waals surface area contributed by atoms with Gasteiger partial charge in [-0.1, -0.05) is 23.4 Å². The van der Waals surface area contributed by atoms with Crippen molar-refractivity contribution in [1.29, 1.82) is 0 Å². The van der Waals surface area contributed by atoms with Crippen LogP contribution in [0.15, 0.2) is 41.6 Å². The minimum atomic E-state index is -0.438. The van der Waals surface area contributed by atoms with Crippen LogP contribution >= 0.6 is 0 Å². The largest absolute Gasteiger partial charge is 0.482 e. The van der Waals surface area contributed by atoms with E-state index in [2.05, 4.69) is 9.89 Å². The molecule has 20 heavy (non-hydrogen) atoms. The van der Waals surface area contributed by atoms with Gasteiger partial charge in [0, 0.05) is 5.56 Å². The molecule has 0 bridgehead atoms. The SMILES string of the molecule is COC(=O)COc1ccc2cc(/C(N)=N/O)ccc2c1. The monoisotopic (exact) mass is 274 g/mol. The number of amidine groups is 1. The number of nitrogens with two attached hydrogens (primary N) is 1. The molecule has 2 aromatic carbocycles. The smallest absolute Gasteiger partial charge is 0.343 e. The molecule has 0 aliphatic heterocycles. The zero-order valence-electron chi connectivity index (χ0n) is 10.9. The van der Waals surface area contributed by atoms with Crippen molar-refractivity contribution in [2.24, 2.45) is 10.9 Å². The Labute approximate surface area is 115 Å². The van der Waals surface area contributed by atoms with E-state index in [4.69, 9.17) is 15.7 Å². The van der Waals surface area contributed by atoms with Crippen LogP contribution in [0.5, 0.6) is 5.75 Å². The molecule has 0 atom stereocenters. The summed E-state index contributed by atoms with van der Waals surface area (Å²) >= 11 is 0. The highest BCUT2D eigenvalue weighted by atomic mass is 16.6. The number of hydrogen-bond donors (Lipinski definition) is 2. The molecule has 0 aromatic heterocycles. The summed E-state index contributed by atoms with van der Waals surface area (Å²) in [5.41, 5.74) is 6.16. The molecule has 0 amide bonds. The van der Waals surface area contributed by atoms with Gasteiger partial charge in [-0.05, 0) is 29.0 Å². The third-order valence-electron chi connectivity index (χ3n) is 2.80. The molecule has 0 fully saturated rings. The van der Waals surface area contributed by atoms with Gasteiger partial charge in [0.2, 0.25) is 0 Å². The van der Waals surface area contributed by atoms with Crippen LogP contribution in [0.4, 0.5) is 0 Å². The van der Waals surface area contributed by atoms with Gasteiger partial charge in [-0.15, -0.1) is 0 Å². The van der Waals surface area contributed by atoms with E-state index in [1.54, 1.807) is 24.3 Å². The molecule has 0 heterocycles. The summed E-state index contributed by atoms with van der Waals surface area (Å²) in [6.45, 7) is -0.135. The second-order valence-corrected chi connectivity index (χ2v) is 4.07. The van der Waals surface area contributed by atoms with E-state index in [0.717, 1.165) is 10.8 Å². The molecular weight excluding hydrogens is 260 g/mol. The number of fused-ring (bicyclic) bond motifs is 1. The lowest BCUT2D eigenvalue weighted by molar-refractivity contribution is -0.142. The number of nitrogens with zero attached hydrogens (tertiary/aromatic N) is 1. The molecule has 0 spiro atoms. The summed E-state index contributed by atoms with van der Waals surface area (Å²) < 4.78 is 9.80. The number of hydrogen-bond acceptors (Lipinski definition) is 5. The number of carbonyl (C=O) groups is 1. The number of ether oxygens (including phenoxy) is 2. The van der Waals surface area contributed by atoms with Crippen molar-refractivity contribution in [3.8, 4) is 5.75 Å². The minimum absolute atomic E-state index is 0.0536. The van der Waals surface area contributed by atoms with Crippen molar-refractivity contribution in [3.63, 3.8) is 0 Å². The summed E-state index contributed by atoms with van der Waals surface area (Å²) in [4.78, 5) is 11.0. The van der Waals surface area contributed by atoms with Crippen molar-refractivity contribution < 1.29 is 19.5 Å². The minimum Gasteiger partial charge on any atom is -0.482 e. The number of benzene rings is 2. The van der Waals surface area contributed by atoms with Gasteiger partial charge in [-0.25, -0.2) is 4.79 Å². The predicted octanol–water partition coefficient (Wildman–Crippen LogP) is 1.49. The summed E-state index contributed by atoms with van der Waals surface area (Å²) in [6, 6.07) is 10.7. The molecule has 6 heteroatoms. The zero-order valence-corrected chi connectivity index (χ0v) is 10.9. The van der Waals surface area contributed by atoms with E-state index < -0.39 is 5.97 Å². The number of esters is 1. The fourth-order valence-electron chi connectivity index (χ4n) is 1.73. The van der Waals surface area contributed by atoms with Gasteiger partial charge in [0.1, 0.15) is 5.75 Å². The Balaban J connectivity index is 2.25. The fraction of sp³-hybridized carbons (Fsp3) is 0.143. The molecule has 2 rings (SSSR count). The molecule has 6 nitrogen and oxygen atoms in total. The maximum atomic E-state index is 11.0.